The molecule has 1 unspecified atom stereocenters. The molecule has 250 valence electrons. The highest BCUT2D eigenvalue weighted by molar-refractivity contribution is 5.67. The summed E-state index contributed by atoms with van der Waals surface area (Å²) in [6.07, 6.45) is 49.4. The topological polar surface area (TPSA) is 40.5 Å². The fourth-order valence-electron chi connectivity index (χ4n) is 5.54. The molecule has 0 aliphatic carbocycles. The summed E-state index contributed by atoms with van der Waals surface area (Å²) >= 11 is 0. The van der Waals surface area contributed by atoms with Gasteiger partial charge in [0.25, 0.3) is 0 Å². The molecule has 0 heterocycles. The molecule has 0 amide bonds. The molecule has 0 saturated carbocycles. The lowest BCUT2D eigenvalue weighted by Gasteiger charge is -2.28. The van der Waals surface area contributed by atoms with Gasteiger partial charge in [-0.15, -0.1) is 0 Å². The molecular formula is C40H73NO2. The minimum Gasteiger partial charge on any atom is -0.481 e. The molecule has 0 aliphatic heterocycles. The minimum atomic E-state index is -0.685. The van der Waals surface area contributed by atoms with Crippen molar-refractivity contribution in [1.29, 1.82) is 0 Å². The first-order valence-corrected chi connectivity index (χ1v) is 18.7. The van der Waals surface area contributed by atoms with Crippen LogP contribution in [-0.4, -0.2) is 35.1 Å². The van der Waals surface area contributed by atoms with Crippen molar-refractivity contribution in [2.75, 3.05) is 13.1 Å². The zero-order valence-corrected chi connectivity index (χ0v) is 29.1. The third-order valence-corrected chi connectivity index (χ3v) is 8.39. The average molecular weight is 600 g/mol. The second kappa shape index (κ2) is 34.9. The van der Waals surface area contributed by atoms with E-state index in [0.717, 1.165) is 51.6 Å². The third kappa shape index (κ3) is 33.1. The van der Waals surface area contributed by atoms with Gasteiger partial charge in [0, 0.05) is 6.04 Å². The van der Waals surface area contributed by atoms with Gasteiger partial charge in [0.2, 0.25) is 0 Å². The van der Waals surface area contributed by atoms with Crippen LogP contribution in [0.3, 0.4) is 0 Å². The Balaban J connectivity index is 3.91. The molecule has 3 nitrogen and oxygen atoms in total. The molecule has 0 aromatic carbocycles. The molecule has 1 atom stereocenters. The summed E-state index contributed by atoms with van der Waals surface area (Å²) in [5.41, 5.74) is 0. The SMILES string of the molecule is CCCCCCCC/C=C/C/C=C/CCCCCN(CCCCC/C=C/C/C=C/CCCCCCCC)C(C)CC(=O)O. The average Bonchev–Trinajstić information content (AvgIpc) is 2.99. The summed E-state index contributed by atoms with van der Waals surface area (Å²) in [5.74, 6) is -0.685. The van der Waals surface area contributed by atoms with Crippen LogP contribution in [0.15, 0.2) is 48.6 Å². The standard InChI is InChI=1S/C40H73NO2/c1-4-6-8-10-12-14-16-18-20-22-24-26-28-30-32-34-36-41(39(3)38-40(42)43)37-35-33-31-29-27-25-23-21-19-17-15-13-11-9-7-5-2/h18-21,24-27,39H,4-17,22-23,28-38H2,1-3H3,(H,42,43)/b20-18+,21-19+,26-24+,27-25+. The van der Waals surface area contributed by atoms with E-state index < -0.39 is 5.97 Å². The largest absolute Gasteiger partial charge is 0.481 e. The smallest absolute Gasteiger partial charge is 0.304 e. The summed E-state index contributed by atoms with van der Waals surface area (Å²) in [7, 11) is 0. The van der Waals surface area contributed by atoms with Crippen molar-refractivity contribution < 1.29 is 9.90 Å². The Labute approximate surface area is 269 Å². The fraction of sp³-hybridized carbons (Fsp3) is 0.775. The highest BCUT2D eigenvalue weighted by atomic mass is 16.4. The highest BCUT2D eigenvalue weighted by Crippen LogP contribution is 2.12. The number of nitrogens with zero attached hydrogens (tertiary/aromatic N) is 1. The summed E-state index contributed by atoms with van der Waals surface area (Å²) in [4.78, 5) is 13.7. The Kier molecular flexibility index (Phi) is 33.6. The lowest BCUT2D eigenvalue weighted by molar-refractivity contribution is -0.138. The van der Waals surface area contributed by atoms with Gasteiger partial charge in [-0.2, -0.15) is 0 Å². The van der Waals surface area contributed by atoms with Gasteiger partial charge < -0.3 is 10.0 Å². The molecular weight excluding hydrogens is 526 g/mol. The van der Waals surface area contributed by atoms with E-state index in [0.29, 0.717) is 0 Å². The molecule has 43 heavy (non-hydrogen) atoms. The number of rotatable bonds is 33. The Morgan fingerprint density at radius 3 is 1.19 bits per heavy atom. The van der Waals surface area contributed by atoms with Gasteiger partial charge in [-0.3, -0.25) is 4.79 Å². The molecule has 0 saturated heterocycles. The number of unbranched alkanes of at least 4 members (excludes halogenated alkanes) is 18. The van der Waals surface area contributed by atoms with E-state index in [4.69, 9.17) is 0 Å². The van der Waals surface area contributed by atoms with Crippen LogP contribution in [0.5, 0.6) is 0 Å². The Hall–Kier alpha value is -1.61. The normalized spacial score (nSPS) is 13.1. The summed E-state index contributed by atoms with van der Waals surface area (Å²) in [5, 5.41) is 9.31. The van der Waals surface area contributed by atoms with Gasteiger partial charge in [-0.05, 0) is 97.1 Å². The lowest BCUT2D eigenvalue weighted by Crippen LogP contribution is -2.36. The molecule has 0 radical (unpaired) electrons. The lowest BCUT2D eigenvalue weighted by atomic mass is 10.1. The maximum absolute atomic E-state index is 11.3. The van der Waals surface area contributed by atoms with Crippen LogP contribution < -0.4 is 0 Å². The number of aliphatic carboxylic acids is 1. The van der Waals surface area contributed by atoms with E-state index in [1.54, 1.807) is 0 Å². The van der Waals surface area contributed by atoms with Gasteiger partial charge in [0.05, 0.1) is 6.42 Å². The van der Waals surface area contributed by atoms with Crippen LogP contribution in [0, 0.1) is 0 Å². The van der Waals surface area contributed by atoms with Crippen molar-refractivity contribution in [2.45, 2.75) is 187 Å². The zero-order valence-electron chi connectivity index (χ0n) is 29.1. The number of hydrogen-bond acceptors (Lipinski definition) is 2. The van der Waals surface area contributed by atoms with E-state index in [1.807, 2.05) is 0 Å². The van der Waals surface area contributed by atoms with Crippen LogP contribution in [0.4, 0.5) is 0 Å². The quantitative estimate of drug-likeness (QED) is 0.0602. The second-order valence-electron chi connectivity index (χ2n) is 12.7. The predicted molar refractivity (Wildman–Crippen MR) is 192 cm³/mol. The van der Waals surface area contributed by atoms with Crippen molar-refractivity contribution in [3.8, 4) is 0 Å². The number of carbonyl (C=O) groups is 1. The molecule has 0 aliphatic rings. The molecule has 0 spiro atoms. The molecule has 0 bridgehead atoms. The number of carboxylic acid groups (broad SMARTS) is 1. The van der Waals surface area contributed by atoms with Gasteiger partial charge in [0.1, 0.15) is 0 Å². The van der Waals surface area contributed by atoms with Crippen molar-refractivity contribution in [3.63, 3.8) is 0 Å². The van der Waals surface area contributed by atoms with Crippen molar-refractivity contribution >= 4 is 5.97 Å². The van der Waals surface area contributed by atoms with E-state index in [9.17, 15) is 9.90 Å². The number of allylic oxidation sites excluding steroid dienone is 8. The number of carboxylic acids is 1. The fourth-order valence-corrected chi connectivity index (χ4v) is 5.54. The summed E-state index contributed by atoms with van der Waals surface area (Å²) in [6.45, 7) is 8.67. The predicted octanol–water partition coefficient (Wildman–Crippen LogP) is 12.8. The van der Waals surface area contributed by atoms with Crippen molar-refractivity contribution in [1.82, 2.24) is 4.90 Å². The first-order valence-electron chi connectivity index (χ1n) is 18.7. The van der Waals surface area contributed by atoms with Crippen LogP contribution in [-0.2, 0) is 4.79 Å². The summed E-state index contributed by atoms with van der Waals surface area (Å²) < 4.78 is 0. The maximum atomic E-state index is 11.3. The molecule has 3 heteroatoms. The Morgan fingerprint density at radius 2 is 0.837 bits per heavy atom. The van der Waals surface area contributed by atoms with Gasteiger partial charge in [-0.25, -0.2) is 0 Å². The van der Waals surface area contributed by atoms with E-state index in [2.05, 4.69) is 74.3 Å². The zero-order chi connectivity index (χ0) is 31.5. The first-order chi connectivity index (χ1) is 21.1. The van der Waals surface area contributed by atoms with Gasteiger partial charge in [-0.1, -0.05) is 140 Å². The van der Waals surface area contributed by atoms with E-state index >= 15 is 0 Å². The van der Waals surface area contributed by atoms with Gasteiger partial charge in [0.15, 0.2) is 0 Å². The molecule has 0 rings (SSSR count). The van der Waals surface area contributed by atoms with Gasteiger partial charge >= 0.3 is 5.97 Å². The molecule has 0 fully saturated rings. The van der Waals surface area contributed by atoms with Crippen molar-refractivity contribution in [2.24, 2.45) is 0 Å². The van der Waals surface area contributed by atoms with Crippen LogP contribution >= 0.6 is 0 Å². The van der Waals surface area contributed by atoms with E-state index in [-0.39, 0.29) is 12.5 Å². The second-order valence-corrected chi connectivity index (χ2v) is 12.7. The highest BCUT2D eigenvalue weighted by Gasteiger charge is 2.16. The molecule has 1 N–H and O–H groups in total. The first kappa shape index (κ1) is 41.4. The Bertz CT molecular complexity index is 645. The Morgan fingerprint density at radius 1 is 0.512 bits per heavy atom. The monoisotopic (exact) mass is 600 g/mol. The van der Waals surface area contributed by atoms with Crippen LogP contribution in [0.25, 0.3) is 0 Å². The summed E-state index contributed by atoms with van der Waals surface area (Å²) in [6, 6.07) is 0.114. The minimum absolute atomic E-state index is 0.114. The maximum Gasteiger partial charge on any atom is 0.304 e. The van der Waals surface area contributed by atoms with Crippen LogP contribution in [0.1, 0.15) is 181 Å². The van der Waals surface area contributed by atoms with Crippen LogP contribution in [0.2, 0.25) is 0 Å². The molecule has 0 aromatic heterocycles. The van der Waals surface area contributed by atoms with E-state index in [1.165, 1.54) is 116 Å². The third-order valence-electron chi connectivity index (χ3n) is 8.39. The van der Waals surface area contributed by atoms with Crippen molar-refractivity contribution in [3.05, 3.63) is 48.6 Å². The number of hydrogen-bond donors (Lipinski definition) is 1. The molecule has 0 aromatic rings.